The van der Waals surface area contributed by atoms with Gasteiger partial charge in [-0.2, -0.15) is 0 Å². The minimum absolute atomic E-state index is 0.120. The molecule has 8 heteroatoms. The first kappa shape index (κ1) is 17.9. The summed E-state index contributed by atoms with van der Waals surface area (Å²) in [5.41, 5.74) is 1.28. The molecule has 0 aliphatic heterocycles. The number of methoxy groups -OCH3 is 1. The van der Waals surface area contributed by atoms with Crippen LogP contribution in [-0.4, -0.2) is 33.1 Å². The number of hydrogen-bond acceptors (Lipinski definition) is 6. The fourth-order valence-electron chi connectivity index (χ4n) is 2.54. The Hall–Kier alpha value is -3.94. The van der Waals surface area contributed by atoms with E-state index in [1.807, 2.05) is 0 Å². The Labute approximate surface area is 153 Å². The van der Waals surface area contributed by atoms with Crippen LogP contribution in [0.25, 0.3) is 22.7 Å². The predicted octanol–water partition coefficient (Wildman–Crippen LogP) is 3.63. The third-order valence-electron chi connectivity index (χ3n) is 3.83. The van der Waals surface area contributed by atoms with Crippen LogP contribution in [0.3, 0.4) is 0 Å². The van der Waals surface area contributed by atoms with Gasteiger partial charge in [-0.15, -0.1) is 0 Å². The third-order valence-corrected chi connectivity index (χ3v) is 3.83. The van der Waals surface area contributed by atoms with Crippen LogP contribution < -0.4 is 0 Å². The van der Waals surface area contributed by atoms with E-state index in [1.54, 1.807) is 36.4 Å². The van der Waals surface area contributed by atoms with E-state index in [9.17, 15) is 20.0 Å². The molecule has 3 rings (SSSR count). The van der Waals surface area contributed by atoms with Gasteiger partial charge in [-0.1, -0.05) is 24.3 Å². The highest BCUT2D eigenvalue weighted by atomic mass is 16.6. The highest BCUT2D eigenvalue weighted by molar-refractivity contribution is 6.17. The number of aliphatic hydroxyl groups is 1. The molecule has 0 fully saturated rings. The van der Waals surface area contributed by atoms with E-state index in [1.165, 1.54) is 31.4 Å². The molecule has 0 atom stereocenters. The number of allylic oxidation sites excluding steroid dienone is 1. The van der Waals surface area contributed by atoms with Crippen LogP contribution in [0, 0.1) is 10.1 Å². The summed E-state index contributed by atoms with van der Waals surface area (Å²) < 4.78 is 4.74. The Bertz CT molecular complexity index is 1050. The van der Waals surface area contributed by atoms with Crippen LogP contribution in [0.2, 0.25) is 0 Å². The molecule has 2 N–H and O–H groups in total. The molecule has 0 bridgehead atoms. The van der Waals surface area contributed by atoms with Crippen LogP contribution in [0.5, 0.6) is 0 Å². The molecule has 0 aliphatic rings. The van der Waals surface area contributed by atoms with E-state index in [2.05, 4.69) is 9.97 Å². The molecule has 0 spiro atoms. The summed E-state index contributed by atoms with van der Waals surface area (Å²) >= 11 is 0. The Morgan fingerprint density at radius 2 is 1.93 bits per heavy atom. The van der Waals surface area contributed by atoms with Gasteiger partial charge in [-0.05, 0) is 30.4 Å². The smallest absolute Gasteiger partial charge is 0.345 e. The fourth-order valence-corrected chi connectivity index (χ4v) is 2.54. The lowest BCUT2D eigenvalue weighted by Crippen LogP contribution is -2.08. The summed E-state index contributed by atoms with van der Waals surface area (Å²) in [6.07, 6.45) is 2.54. The molecule has 8 nitrogen and oxygen atoms in total. The summed E-state index contributed by atoms with van der Waals surface area (Å²) in [5, 5.41) is 21.5. The number of fused-ring (bicyclic) bond motifs is 1. The number of H-pyrrole nitrogens is 1. The van der Waals surface area contributed by atoms with Crippen molar-refractivity contribution < 1.29 is 19.6 Å². The molecule has 0 radical (unpaired) electrons. The normalized spacial score (nSPS) is 12.2. The first-order valence-electron chi connectivity index (χ1n) is 7.89. The summed E-state index contributed by atoms with van der Waals surface area (Å²) in [6, 6.07) is 13.2. The standard InChI is InChI=1S/C19H15N3O5/c1-27-19(24)17(18-20-13-7-3-4-8-14(13)21-18)16(23)11-10-12-6-2-5-9-15(12)22(25)26/h2-11,23H,1H3,(H,20,21)/b11-10?,17-16-. The van der Waals surface area contributed by atoms with E-state index in [0.29, 0.717) is 11.0 Å². The molecule has 136 valence electrons. The molecule has 27 heavy (non-hydrogen) atoms. The van der Waals surface area contributed by atoms with Crippen molar-refractivity contribution in [1.82, 2.24) is 9.97 Å². The van der Waals surface area contributed by atoms with Gasteiger partial charge in [0.25, 0.3) is 5.69 Å². The van der Waals surface area contributed by atoms with Crippen LogP contribution >= 0.6 is 0 Å². The second kappa shape index (κ2) is 7.52. The Morgan fingerprint density at radius 1 is 1.22 bits per heavy atom. The zero-order valence-corrected chi connectivity index (χ0v) is 14.2. The largest absolute Gasteiger partial charge is 0.507 e. The van der Waals surface area contributed by atoms with E-state index in [4.69, 9.17) is 4.74 Å². The molecule has 0 amide bonds. The van der Waals surface area contributed by atoms with Gasteiger partial charge >= 0.3 is 5.97 Å². The number of para-hydroxylation sites is 3. The zero-order chi connectivity index (χ0) is 19.4. The summed E-state index contributed by atoms with van der Waals surface area (Å²) in [4.78, 5) is 30.0. The summed E-state index contributed by atoms with van der Waals surface area (Å²) in [7, 11) is 1.18. The van der Waals surface area contributed by atoms with E-state index < -0.39 is 16.7 Å². The van der Waals surface area contributed by atoms with E-state index >= 15 is 0 Å². The van der Waals surface area contributed by atoms with Gasteiger partial charge < -0.3 is 14.8 Å². The summed E-state index contributed by atoms with van der Waals surface area (Å²) in [5.74, 6) is -1.09. The second-order valence-corrected chi connectivity index (χ2v) is 5.50. The fraction of sp³-hybridized carbons (Fsp3) is 0.0526. The molecule has 0 unspecified atom stereocenters. The molecule has 0 saturated carbocycles. The van der Waals surface area contributed by atoms with E-state index in [0.717, 1.165) is 0 Å². The molecule has 1 heterocycles. The number of hydrogen-bond donors (Lipinski definition) is 2. The molecule has 1 aromatic heterocycles. The number of nitrogens with zero attached hydrogens (tertiary/aromatic N) is 2. The Morgan fingerprint density at radius 3 is 2.63 bits per heavy atom. The Balaban J connectivity index is 2.07. The maximum absolute atomic E-state index is 12.2. The minimum atomic E-state index is -0.793. The number of imidazole rings is 1. The molecule has 2 aromatic carbocycles. The van der Waals surface area contributed by atoms with Gasteiger partial charge in [0, 0.05) is 6.07 Å². The van der Waals surface area contributed by atoms with Crippen molar-refractivity contribution in [2.24, 2.45) is 0 Å². The number of nitrogens with one attached hydrogen (secondary N) is 1. The highest BCUT2D eigenvalue weighted by Crippen LogP contribution is 2.23. The number of benzene rings is 2. The zero-order valence-electron chi connectivity index (χ0n) is 14.2. The number of carbonyl (C=O) groups is 1. The number of nitro groups is 1. The predicted molar refractivity (Wildman–Crippen MR) is 99.8 cm³/mol. The highest BCUT2D eigenvalue weighted by Gasteiger charge is 2.21. The second-order valence-electron chi connectivity index (χ2n) is 5.50. The van der Waals surface area contributed by atoms with Crippen molar-refractivity contribution in [2.45, 2.75) is 0 Å². The van der Waals surface area contributed by atoms with Crippen LogP contribution in [-0.2, 0) is 9.53 Å². The lowest BCUT2D eigenvalue weighted by molar-refractivity contribution is -0.385. The van der Waals surface area contributed by atoms with E-state index in [-0.39, 0.29) is 22.6 Å². The van der Waals surface area contributed by atoms with Crippen molar-refractivity contribution in [3.8, 4) is 0 Å². The number of carbonyl (C=O) groups excluding carboxylic acids is 1. The van der Waals surface area contributed by atoms with Crippen molar-refractivity contribution >= 4 is 34.3 Å². The van der Waals surface area contributed by atoms with Crippen molar-refractivity contribution in [3.63, 3.8) is 0 Å². The molecular formula is C19H15N3O5. The lowest BCUT2D eigenvalue weighted by atomic mass is 10.1. The minimum Gasteiger partial charge on any atom is -0.507 e. The first-order valence-corrected chi connectivity index (χ1v) is 7.89. The maximum Gasteiger partial charge on any atom is 0.345 e. The molecule has 0 aliphatic carbocycles. The Kier molecular flexibility index (Phi) is 4.98. The topological polar surface area (TPSA) is 118 Å². The van der Waals surface area contributed by atoms with Gasteiger partial charge in [0.2, 0.25) is 0 Å². The van der Waals surface area contributed by atoms with Gasteiger partial charge in [-0.3, -0.25) is 10.1 Å². The summed E-state index contributed by atoms with van der Waals surface area (Å²) in [6.45, 7) is 0. The quantitative estimate of drug-likeness (QED) is 0.178. The van der Waals surface area contributed by atoms with Gasteiger partial charge in [0.05, 0.1) is 28.6 Å². The average Bonchev–Trinajstić information content (AvgIpc) is 3.09. The van der Waals surface area contributed by atoms with Crippen molar-refractivity contribution in [3.05, 3.63) is 81.9 Å². The third kappa shape index (κ3) is 3.69. The maximum atomic E-state index is 12.2. The number of aliphatic hydroxyl groups excluding tert-OH is 1. The van der Waals surface area contributed by atoms with Crippen LogP contribution in [0.4, 0.5) is 5.69 Å². The number of rotatable bonds is 5. The molecular weight excluding hydrogens is 350 g/mol. The number of aromatic nitrogens is 2. The monoisotopic (exact) mass is 365 g/mol. The van der Waals surface area contributed by atoms with Gasteiger partial charge in [-0.25, -0.2) is 9.78 Å². The molecule has 3 aromatic rings. The van der Waals surface area contributed by atoms with Crippen LogP contribution in [0.1, 0.15) is 11.4 Å². The SMILES string of the molecule is COC(=O)/C(=C(\O)C=Cc1ccccc1[N+](=O)[O-])c1nc2ccccc2[nH]1. The van der Waals surface area contributed by atoms with Gasteiger partial charge in [0.1, 0.15) is 17.2 Å². The number of nitro benzene ring substituents is 1. The van der Waals surface area contributed by atoms with Gasteiger partial charge in [0.15, 0.2) is 0 Å². The van der Waals surface area contributed by atoms with Crippen molar-refractivity contribution in [2.75, 3.05) is 7.11 Å². The average molecular weight is 365 g/mol. The lowest BCUT2D eigenvalue weighted by Gasteiger charge is -2.04. The molecule has 0 saturated heterocycles. The number of aromatic amines is 1. The first-order chi connectivity index (χ1) is 13.0. The number of esters is 1. The van der Waals surface area contributed by atoms with Crippen molar-refractivity contribution in [1.29, 1.82) is 0 Å². The number of ether oxygens (including phenoxy) is 1. The van der Waals surface area contributed by atoms with Crippen LogP contribution in [0.15, 0.2) is 60.4 Å².